The van der Waals surface area contributed by atoms with Crippen molar-refractivity contribution in [3.63, 3.8) is 0 Å². The molecule has 3 nitrogen and oxygen atoms in total. The highest BCUT2D eigenvalue weighted by Gasteiger charge is 2.30. The van der Waals surface area contributed by atoms with Gasteiger partial charge in [0.15, 0.2) is 0 Å². The Morgan fingerprint density at radius 2 is 2.00 bits per heavy atom. The maximum atomic E-state index is 11.8. The first kappa shape index (κ1) is 15.7. The zero-order valence-electron chi connectivity index (χ0n) is 12.7. The van der Waals surface area contributed by atoms with Gasteiger partial charge in [-0.15, -0.1) is 0 Å². The number of ether oxygens (including phenoxy) is 1. The quantitative estimate of drug-likeness (QED) is 0.802. The van der Waals surface area contributed by atoms with E-state index < -0.39 is 0 Å². The van der Waals surface area contributed by atoms with Gasteiger partial charge in [-0.05, 0) is 45.4 Å². The van der Waals surface area contributed by atoms with Crippen LogP contribution in [0, 0.1) is 13.8 Å². The lowest BCUT2D eigenvalue weighted by Gasteiger charge is -2.32. The zero-order chi connectivity index (χ0) is 14.5. The number of hydrogen-bond donors (Lipinski definition) is 1. The summed E-state index contributed by atoms with van der Waals surface area (Å²) in [7, 11) is 0. The van der Waals surface area contributed by atoms with Gasteiger partial charge in [-0.3, -0.25) is 4.79 Å². The largest absolute Gasteiger partial charge is 0.466 e. The summed E-state index contributed by atoms with van der Waals surface area (Å²) in [5.74, 6) is -0.160. The molecular formula is C16H25NO2. The SMILES string of the molecule is CCNC(C)(CC(=O)OCC)c1cc(C)ccc1C. The van der Waals surface area contributed by atoms with Gasteiger partial charge in [0.05, 0.1) is 18.6 Å². The van der Waals surface area contributed by atoms with E-state index in [1.807, 2.05) is 6.92 Å². The third-order valence-corrected chi connectivity index (χ3v) is 3.36. The van der Waals surface area contributed by atoms with E-state index in [2.05, 4.69) is 51.2 Å². The zero-order valence-corrected chi connectivity index (χ0v) is 12.7. The number of esters is 1. The average molecular weight is 263 g/mol. The van der Waals surface area contributed by atoms with Crippen LogP contribution in [-0.2, 0) is 15.1 Å². The first-order chi connectivity index (χ1) is 8.92. The van der Waals surface area contributed by atoms with Crippen molar-refractivity contribution >= 4 is 5.97 Å². The van der Waals surface area contributed by atoms with Crippen molar-refractivity contribution < 1.29 is 9.53 Å². The number of carbonyl (C=O) groups is 1. The Morgan fingerprint density at radius 3 is 2.58 bits per heavy atom. The van der Waals surface area contributed by atoms with Crippen LogP contribution in [0.5, 0.6) is 0 Å². The predicted octanol–water partition coefficient (Wildman–Crippen LogP) is 3.08. The number of carbonyl (C=O) groups excluding carboxylic acids is 1. The molecule has 0 aliphatic carbocycles. The smallest absolute Gasteiger partial charge is 0.307 e. The van der Waals surface area contributed by atoms with Gasteiger partial charge >= 0.3 is 5.97 Å². The van der Waals surface area contributed by atoms with E-state index in [4.69, 9.17) is 4.74 Å². The average Bonchev–Trinajstić information content (AvgIpc) is 2.32. The second kappa shape index (κ2) is 6.71. The molecule has 0 fully saturated rings. The Morgan fingerprint density at radius 1 is 1.32 bits per heavy atom. The van der Waals surface area contributed by atoms with Crippen molar-refractivity contribution in [2.75, 3.05) is 13.2 Å². The Balaban J connectivity index is 3.10. The fourth-order valence-electron chi connectivity index (χ4n) is 2.47. The second-order valence-electron chi connectivity index (χ2n) is 5.16. The Labute approximate surface area is 116 Å². The second-order valence-corrected chi connectivity index (χ2v) is 5.16. The van der Waals surface area contributed by atoms with Crippen LogP contribution in [0.25, 0.3) is 0 Å². The molecule has 0 heterocycles. The maximum absolute atomic E-state index is 11.8. The molecule has 0 radical (unpaired) electrons. The molecule has 1 N–H and O–H groups in total. The Hall–Kier alpha value is -1.35. The minimum atomic E-state index is -0.378. The third kappa shape index (κ3) is 4.06. The minimum Gasteiger partial charge on any atom is -0.466 e. The molecule has 0 saturated heterocycles. The van der Waals surface area contributed by atoms with Crippen LogP contribution >= 0.6 is 0 Å². The van der Waals surface area contributed by atoms with Crippen LogP contribution < -0.4 is 5.32 Å². The lowest BCUT2D eigenvalue weighted by atomic mass is 9.84. The summed E-state index contributed by atoms with van der Waals surface area (Å²) in [5.41, 5.74) is 3.19. The first-order valence-corrected chi connectivity index (χ1v) is 6.91. The number of benzene rings is 1. The van der Waals surface area contributed by atoms with E-state index in [1.54, 1.807) is 0 Å². The van der Waals surface area contributed by atoms with Crippen LogP contribution in [0.15, 0.2) is 18.2 Å². The van der Waals surface area contributed by atoms with E-state index >= 15 is 0 Å². The van der Waals surface area contributed by atoms with Gasteiger partial charge in [0.2, 0.25) is 0 Å². The van der Waals surface area contributed by atoms with E-state index in [0.717, 1.165) is 6.54 Å². The molecule has 0 bridgehead atoms. The van der Waals surface area contributed by atoms with Crippen molar-refractivity contribution in [3.05, 3.63) is 34.9 Å². The van der Waals surface area contributed by atoms with Crippen LogP contribution in [0.1, 0.15) is 43.9 Å². The molecule has 1 aromatic carbocycles. The normalized spacial score (nSPS) is 13.9. The molecule has 0 aromatic heterocycles. The molecule has 0 amide bonds. The summed E-state index contributed by atoms with van der Waals surface area (Å²) in [6, 6.07) is 6.35. The van der Waals surface area contributed by atoms with Gasteiger partial charge in [-0.1, -0.05) is 30.7 Å². The molecule has 3 heteroatoms. The fourth-order valence-corrected chi connectivity index (χ4v) is 2.47. The van der Waals surface area contributed by atoms with Crippen molar-refractivity contribution in [2.24, 2.45) is 0 Å². The first-order valence-electron chi connectivity index (χ1n) is 6.91. The van der Waals surface area contributed by atoms with Crippen LogP contribution in [-0.4, -0.2) is 19.1 Å². The predicted molar refractivity (Wildman–Crippen MR) is 78.2 cm³/mol. The molecule has 0 saturated carbocycles. The molecule has 0 aliphatic rings. The molecule has 106 valence electrons. The molecule has 1 unspecified atom stereocenters. The molecule has 1 rings (SSSR count). The minimum absolute atomic E-state index is 0.160. The van der Waals surface area contributed by atoms with Crippen molar-refractivity contribution in [1.82, 2.24) is 5.32 Å². The lowest BCUT2D eigenvalue weighted by molar-refractivity contribution is -0.144. The Kier molecular flexibility index (Phi) is 5.55. The molecule has 1 atom stereocenters. The molecule has 1 aromatic rings. The summed E-state index contributed by atoms with van der Waals surface area (Å²) >= 11 is 0. The summed E-state index contributed by atoms with van der Waals surface area (Å²) in [4.78, 5) is 11.8. The molecule has 19 heavy (non-hydrogen) atoms. The summed E-state index contributed by atoms with van der Waals surface area (Å²) < 4.78 is 5.10. The van der Waals surface area contributed by atoms with Gasteiger partial charge in [-0.25, -0.2) is 0 Å². The number of rotatable bonds is 6. The third-order valence-electron chi connectivity index (χ3n) is 3.36. The summed E-state index contributed by atoms with van der Waals surface area (Å²) in [5, 5.41) is 3.43. The van der Waals surface area contributed by atoms with Crippen LogP contribution in [0.3, 0.4) is 0 Å². The highest BCUT2D eigenvalue weighted by atomic mass is 16.5. The van der Waals surface area contributed by atoms with E-state index in [-0.39, 0.29) is 11.5 Å². The van der Waals surface area contributed by atoms with E-state index in [9.17, 15) is 4.79 Å². The summed E-state index contributed by atoms with van der Waals surface area (Å²) in [6.07, 6.45) is 0.346. The number of hydrogen-bond acceptors (Lipinski definition) is 3. The van der Waals surface area contributed by atoms with Gasteiger partial charge in [0.25, 0.3) is 0 Å². The lowest BCUT2D eigenvalue weighted by Crippen LogP contribution is -2.42. The molecular weight excluding hydrogens is 238 g/mol. The van der Waals surface area contributed by atoms with Crippen LogP contribution in [0.4, 0.5) is 0 Å². The molecule has 0 spiro atoms. The van der Waals surface area contributed by atoms with Gasteiger partial charge in [0, 0.05) is 0 Å². The maximum Gasteiger partial charge on any atom is 0.307 e. The van der Waals surface area contributed by atoms with E-state index in [0.29, 0.717) is 13.0 Å². The standard InChI is InChI=1S/C16H25NO2/c1-6-17-16(5,11-15(18)19-7-2)14-10-12(3)8-9-13(14)4/h8-10,17H,6-7,11H2,1-5H3. The summed E-state index contributed by atoms with van der Waals surface area (Å²) in [6.45, 7) is 11.3. The van der Waals surface area contributed by atoms with Crippen molar-refractivity contribution in [2.45, 2.75) is 46.6 Å². The fraction of sp³-hybridized carbons (Fsp3) is 0.562. The highest BCUT2D eigenvalue weighted by molar-refractivity contribution is 5.71. The van der Waals surface area contributed by atoms with Crippen molar-refractivity contribution in [1.29, 1.82) is 0 Å². The van der Waals surface area contributed by atoms with Gasteiger partial charge < -0.3 is 10.1 Å². The number of nitrogens with one attached hydrogen (secondary N) is 1. The molecule has 0 aliphatic heterocycles. The Bertz CT molecular complexity index is 442. The van der Waals surface area contributed by atoms with Crippen LogP contribution in [0.2, 0.25) is 0 Å². The number of aryl methyl sites for hydroxylation is 2. The van der Waals surface area contributed by atoms with E-state index in [1.165, 1.54) is 16.7 Å². The van der Waals surface area contributed by atoms with Gasteiger partial charge in [-0.2, -0.15) is 0 Å². The highest BCUT2D eigenvalue weighted by Crippen LogP contribution is 2.29. The van der Waals surface area contributed by atoms with Crippen molar-refractivity contribution in [3.8, 4) is 0 Å². The monoisotopic (exact) mass is 263 g/mol. The van der Waals surface area contributed by atoms with Gasteiger partial charge in [0.1, 0.15) is 0 Å². The topological polar surface area (TPSA) is 38.3 Å².